The van der Waals surface area contributed by atoms with Crippen molar-refractivity contribution in [3.8, 4) is 5.75 Å². The van der Waals surface area contributed by atoms with Crippen LogP contribution < -0.4 is 4.74 Å². The molecule has 1 rings (SSSR count). The minimum Gasteiger partial charge on any atom is -0.484 e. The fraction of sp³-hybridized carbons (Fsp3) is 0.538. The number of ether oxygens (including phenoxy) is 1. The second-order valence-corrected chi connectivity index (χ2v) is 5.08. The maximum Gasteiger partial charge on any atom is 0.422 e. The molecular weight excluding hydrogens is 323 g/mol. The molecule has 0 aliphatic rings. The molecule has 0 aliphatic heterocycles. The summed E-state index contributed by atoms with van der Waals surface area (Å²) in [6, 6.07) is 5.07. The molecule has 0 saturated carbocycles. The average molecular weight is 340 g/mol. The molecule has 6 heteroatoms. The minimum absolute atomic E-state index is 0.230. The van der Waals surface area contributed by atoms with E-state index in [1.54, 1.807) is 6.07 Å². The number of rotatable bonds is 6. The van der Waals surface area contributed by atoms with Gasteiger partial charge in [0.1, 0.15) is 5.75 Å². The number of alkyl halides is 3. The van der Waals surface area contributed by atoms with Crippen molar-refractivity contribution in [3.05, 3.63) is 28.2 Å². The summed E-state index contributed by atoms with van der Waals surface area (Å²) in [5.74, 6) is 0.230. The Morgan fingerprint density at radius 1 is 1.16 bits per heavy atom. The summed E-state index contributed by atoms with van der Waals surface area (Å²) < 4.78 is 41.8. The van der Waals surface area contributed by atoms with Crippen LogP contribution in [-0.2, 0) is 6.54 Å². The van der Waals surface area contributed by atoms with E-state index in [2.05, 4.69) is 20.8 Å². The van der Waals surface area contributed by atoms with Crippen LogP contribution in [-0.4, -0.2) is 30.8 Å². The maximum absolute atomic E-state index is 12.1. The van der Waals surface area contributed by atoms with Gasteiger partial charge in [0.05, 0.1) is 0 Å². The van der Waals surface area contributed by atoms with Crippen LogP contribution in [0.25, 0.3) is 0 Å². The SMILES string of the molecule is CCN(CC)Cc1cc(Br)cc(OCC(F)(F)F)c1. The van der Waals surface area contributed by atoms with Crippen molar-refractivity contribution in [2.24, 2.45) is 0 Å². The van der Waals surface area contributed by atoms with Gasteiger partial charge in [-0.05, 0) is 36.9 Å². The molecule has 0 spiro atoms. The Balaban J connectivity index is 2.76. The number of hydrogen-bond donors (Lipinski definition) is 0. The summed E-state index contributed by atoms with van der Waals surface area (Å²) >= 11 is 3.29. The number of benzene rings is 1. The van der Waals surface area contributed by atoms with Crippen molar-refractivity contribution in [1.82, 2.24) is 4.90 Å². The summed E-state index contributed by atoms with van der Waals surface area (Å²) in [5, 5.41) is 0. The highest BCUT2D eigenvalue weighted by Crippen LogP contribution is 2.24. The Labute approximate surface area is 119 Å². The van der Waals surface area contributed by atoms with E-state index in [0.717, 1.165) is 18.7 Å². The van der Waals surface area contributed by atoms with Crippen LogP contribution in [0.3, 0.4) is 0 Å². The molecule has 0 unspecified atom stereocenters. The summed E-state index contributed by atoms with van der Waals surface area (Å²) in [6.07, 6.45) is -4.32. The molecule has 0 atom stereocenters. The molecule has 1 aromatic rings. The second kappa shape index (κ2) is 7.14. The number of hydrogen-bond acceptors (Lipinski definition) is 2. The predicted octanol–water partition coefficient (Wildman–Crippen LogP) is 4.23. The molecule has 0 bridgehead atoms. The topological polar surface area (TPSA) is 12.5 Å². The molecule has 19 heavy (non-hydrogen) atoms. The van der Waals surface area contributed by atoms with Gasteiger partial charge in [0.15, 0.2) is 6.61 Å². The largest absolute Gasteiger partial charge is 0.484 e. The van der Waals surface area contributed by atoms with Crippen LogP contribution in [0.1, 0.15) is 19.4 Å². The Morgan fingerprint density at radius 3 is 2.32 bits per heavy atom. The highest BCUT2D eigenvalue weighted by molar-refractivity contribution is 9.10. The van der Waals surface area contributed by atoms with E-state index in [0.29, 0.717) is 11.0 Å². The van der Waals surface area contributed by atoms with Crippen LogP contribution in [0.15, 0.2) is 22.7 Å². The van der Waals surface area contributed by atoms with Gasteiger partial charge >= 0.3 is 6.18 Å². The standard InChI is InChI=1S/C13H17BrF3NO/c1-3-18(4-2)8-10-5-11(14)7-12(6-10)19-9-13(15,16)17/h5-7H,3-4,8-9H2,1-2H3. The first-order valence-electron chi connectivity index (χ1n) is 6.05. The lowest BCUT2D eigenvalue weighted by Crippen LogP contribution is -2.22. The van der Waals surface area contributed by atoms with Crippen LogP contribution in [0.5, 0.6) is 5.75 Å². The van der Waals surface area contributed by atoms with E-state index < -0.39 is 12.8 Å². The van der Waals surface area contributed by atoms with E-state index in [-0.39, 0.29) is 5.75 Å². The molecule has 108 valence electrons. The molecule has 1 aromatic carbocycles. The van der Waals surface area contributed by atoms with Gasteiger partial charge in [-0.3, -0.25) is 4.90 Å². The lowest BCUT2D eigenvalue weighted by molar-refractivity contribution is -0.153. The van der Waals surface area contributed by atoms with Crippen molar-refractivity contribution in [3.63, 3.8) is 0 Å². The quantitative estimate of drug-likeness (QED) is 0.768. The van der Waals surface area contributed by atoms with E-state index >= 15 is 0 Å². The second-order valence-electron chi connectivity index (χ2n) is 4.16. The third-order valence-corrected chi connectivity index (χ3v) is 3.09. The summed E-state index contributed by atoms with van der Waals surface area (Å²) in [6.45, 7) is 5.29. The van der Waals surface area contributed by atoms with Crippen molar-refractivity contribution in [2.45, 2.75) is 26.6 Å². The van der Waals surface area contributed by atoms with Gasteiger partial charge in [0.25, 0.3) is 0 Å². The zero-order chi connectivity index (χ0) is 14.5. The van der Waals surface area contributed by atoms with Crippen LogP contribution >= 0.6 is 15.9 Å². The number of nitrogens with zero attached hydrogens (tertiary/aromatic N) is 1. The first kappa shape index (κ1) is 16.3. The molecule has 0 N–H and O–H groups in total. The van der Waals surface area contributed by atoms with Crippen molar-refractivity contribution >= 4 is 15.9 Å². The predicted molar refractivity (Wildman–Crippen MR) is 72.3 cm³/mol. The Morgan fingerprint density at radius 2 is 1.79 bits per heavy atom. The van der Waals surface area contributed by atoms with Crippen LogP contribution in [0.4, 0.5) is 13.2 Å². The molecule has 0 heterocycles. The highest BCUT2D eigenvalue weighted by Gasteiger charge is 2.28. The zero-order valence-electron chi connectivity index (χ0n) is 10.9. The third kappa shape index (κ3) is 6.29. The van der Waals surface area contributed by atoms with Gasteiger partial charge in [0, 0.05) is 11.0 Å². The molecular formula is C13H17BrF3NO. The Hall–Kier alpha value is -0.750. The summed E-state index contributed by atoms with van der Waals surface area (Å²) in [7, 11) is 0. The summed E-state index contributed by atoms with van der Waals surface area (Å²) in [4.78, 5) is 2.18. The lowest BCUT2D eigenvalue weighted by atomic mass is 10.2. The van der Waals surface area contributed by atoms with E-state index in [4.69, 9.17) is 4.74 Å². The van der Waals surface area contributed by atoms with Crippen molar-refractivity contribution in [2.75, 3.05) is 19.7 Å². The minimum atomic E-state index is -4.32. The van der Waals surface area contributed by atoms with Gasteiger partial charge in [-0.25, -0.2) is 0 Å². The Kier molecular flexibility index (Phi) is 6.13. The first-order valence-corrected chi connectivity index (χ1v) is 6.84. The van der Waals surface area contributed by atoms with Gasteiger partial charge in [-0.15, -0.1) is 0 Å². The lowest BCUT2D eigenvalue weighted by Gasteiger charge is -2.19. The Bertz CT molecular complexity index is 405. The average Bonchev–Trinajstić information content (AvgIpc) is 2.32. The smallest absolute Gasteiger partial charge is 0.422 e. The summed E-state index contributed by atoms with van der Waals surface area (Å²) in [5.41, 5.74) is 0.926. The van der Waals surface area contributed by atoms with Gasteiger partial charge < -0.3 is 4.74 Å². The monoisotopic (exact) mass is 339 g/mol. The molecule has 0 saturated heterocycles. The van der Waals surface area contributed by atoms with Crippen molar-refractivity contribution < 1.29 is 17.9 Å². The zero-order valence-corrected chi connectivity index (χ0v) is 12.5. The van der Waals surface area contributed by atoms with E-state index in [9.17, 15) is 13.2 Å². The first-order chi connectivity index (χ1) is 8.84. The van der Waals surface area contributed by atoms with Crippen LogP contribution in [0.2, 0.25) is 0 Å². The normalized spacial score (nSPS) is 11.9. The van der Waals surface area contributed by atoms with E-state index in [1.807, 2.05) is 19.9 Å². The molecule has 0 aromatic heterocycles. The molecule has 0 radical (unpaired) electrons. The van der Waals surface area contributed by atoms with Crippen molar-refractivity contribution in [1.29, 1.82) is 0 Å². The van der Waals surface area contributed by atoms with Crippen LogP contribution in [0, 0.1) is 0 Å². The fourth-order valence-electron chi connectivity index (χ4n) is 1.67. The molecule has 2 nitrogen and oxygen atoms in total. The third-order valence-electron chi connectivity index (χ3n) is 2.63. The molecule has 0 aliphatic carbocycles. The van der Waals surface area contributed by atoms with Gasteiger partial charge in [-0.2, -0.15) is 13.2 Å². The van der Waals surface area contributed by atoms with Gasteiger partial charge in [0.2, 0.25) is 0 Å². The maximum atomic E-state index is 12.1. The fourth-order valence-corrected chi connectivity index (χ4v) is 2.19. The molecule has 0 fully saturated rings. The highest BCUT2D eigenvalue weighted by atomic mass is 79.9. The van der Waals surface area contributed by atoms with Gasteiger partial charge in [-0.1, -0.05) is 29.8 Å². The van der Waals surface area contributed by atoms with E-state index in [1.165, 1.54) is 6.07 Å². The number of halogens is 4. The molecule has 0 amide bonds.